The molecule has 1 saturated heterocycles. The molecule has 1 fully saturated rings. The molecule has 0 aromatic heterocycles. The SMILES string of the molecule is O=[S@@](c1ccccc1)c1ccc(OCCO[C@@H]2CCCCO2)cc1. The van der Waals surface area contributed by atoms with Crippen LogP contribution < -0.4 is 4.74 Å². The van der Waals surface area contributed by atoms with E-state index in [2.05, 4.69) is 0 Å². The predicted molar refractivity (Wildman–Crippen MR) is 92.6 cm³/mol. The summed E-state index contributed by atoms with van der Waals surface area (Å²) in [7, 11) is -1.16. The lowest BCUT2D eigenvalue weighted by Gasteiger charge is -2.22. The number of ether oxygens (including phenoxy) is 3. The third-order valence-corrected chi connectivity index (χ3v) is 5.19. The van der Waals surface area contributed by atoms with Crippen LogP contribution in [0.3, 0.4) is 0 Å². The first-order valence-electron chi connectivity index (χ1n) is 8.26. The molecule has 1 aliphatic rings. The van der Waals surface area contributed by atoms with E-state index in [-0.39, 0.29) is 6.29 Å². The van der Waals surface area contributed by atoms with Crippen LogP contribution in [0, 0.1) is 0 Å². The molecule has 1 heterocycles. The van der Waals surface area contributed by atoms with E-state index in [9.17, 15) is 4.21 Å². The van der Waals surface area contributed by atoms with Gasteiger partial charge in [-0.3, -0.25) is 0 Å². The second-order valence-corrected chi connectivity index (χ2v) is 7.05. The van der Waals surface area contributed by atoms with Crippen molar-refractivity contribution < 1.29 is 18.4 Å². The van der Waals surface area contributed by atoms with E-state index in [1.807, 2.05) is 54.6 Å². The van der Waals surface area contributed by atoms with Gasteiger partial charge in [-0.1, -0.05) is 18.2 Å². The van der Waals surface area contributed by atoms with E-state index in [0.717, 1.165) is 41.4 Å². The second kappa shape index (κ2) is 8.97. The maximum absolute atomic E-state index is 12.4. The summed E-state index contributed by atoms with van der Waals surface area (Å²) in [5.74, 6) is 0.747. The molecule has 0 spiro atoms. The third-order valence-electron chi connectivity index (χ3n) is 3.79. The zero-order valence-corrected chi connectivity index (χ0v) is 14.4. The summed E-state index contributed by atoms with van der Waals surface area (Å²) in [6.07, 6.45) is 3.15. The standard InChI is InChI=1S/C19H22O4S/c20-24(17-6-2-1-3-7-17)18-11-9-16(10-12-18)21-14-15-23-19-8-4-5-13-22-19/h1-3,6-7,9-12,19H,4-5,8,13-15H2/t19-,24+/m1/s1. The molecular weight excluding hydrogens is 324 g/mol. The number of benzene rings is 2. The van der Waals surface area contributed by atoms with Crippen molar-refractivity contribution in [1.82, 2.24) is 0 Å². The van der Waals surface area contributed by atoms with Crippen molar-refractivity contribution in [2.24, 2.45) is 0 Å². The lowest BCUT2D eigenvalue weighted by molar-refractivity contribution is -0.165. The van der Waals surface area contributed by atoms with Gasteiger partial charge >= 0.3 is 0 Å². The lowest BCUT2D eigenvalue weighted by Crippen LogP contribution is -2.24. The third kappa shape index (κ3) is 4.90. The van der Waals surface area contributed by atoms with Crippen molar-refractivity contribution in [3.63, 3.8) is 0 Å². The van der Waals surface area contributed by atoms with E-state index in [4.69, 9.17) is 14.2 Å². The molecule has 3 rings (SSSR count). The van der Waals surface area contributed by atoms with Crippen LogP contribution in [0.15, 0.2) is 64.4 Å². The predicted octanol–water partition coefficient (Wildman–Crippen LogP) is 3.78. The molecule has 0 radical (unpaired) electrons. The molecule has 0 saturated carbocycles. The largest absolute Gasteiger partial charge is 0.491 e. The fourth-order valence-corrected chi connectivity index (χ4v) is 3.58. The van der Waals surface area contributed by atoms with E-state index in [1.54, 1.807) is 0 Å². The van der Waals surface area contributed by atoms with Gasteiger partial charge in [0.2, 0.25) is 0 Å². The zero-order chi connectivity index (χ0) is 16.6. The van der Waals surface area contributed by atoms with Gasteiger partial charge in [0, 0.05) is 16.4 Å². The molecule has 128 valence electrons. The Morgan fingerprint density at radius 2 is 1.71 bits per heavy atom. The van der Waals surface area contributed by atoms with Crippen LogP contribution in [0.4, 0.5) is 0 Å². The molecule has 0 N–H and O–H groups in total. The fraction of sp³-hybridized carbons (Fsp3) is 0.368. The van der Waals surface area contributed by atoms with E-state index >= 15 is 0 Å². The molecule has 2 aromatic rings. The summed E-state index contributed by atoms with van der Waals surface area (Å²) < 4.78 is 29.2. The van der Waals surface area contributed by atoms with Crippen LogP contribution in [0.2, 0.25) is 0 Å². The van der Waals surface area contributed by atoms with Crippen molar-refractivity contribution in [1.29, 1.82) is 0 Å². The summed E-state index contributed by atoms with van der Waals surface area (Å²) in [4.78, 5) is 1.56. The zero-order valence-electron chi connectivity index (χ0n) is 13.6. The Hall–Kier alpha value is -1.69. The molecule has 24 heavy (non-hydrogen) atoms. The molecule has 0 bridgehead atoms. The normalized spacial score (nSPS) is 18.9. The highest BCUT2D eigenvalue weighted by molar-refractivity contribution is 7.85. The van der Waals surface area contributed by atoms with Gasteiger partial charge in [-0.15, -0.1) is 0 Å². The average Bonchev–Trinajstić information content (AvgIpc) is 2.67. The first-order valence-corrected chi connectivity index (χ1v) is 9.41. The van der Waals surface area contributed by atoms with Crippen molar-refractivity contribution in [2.45, 2.75) is 35.3 Å². The number of hydrogen-bond acceptors (Lipinski definition) is 4. The van der Waals surface area contributed by atoms with Gasteiger partial charge in [0.15, 0.2) is 6.29 Å². The van der Waals surface area contributed by atoms with Gasteiger partial charge in [0.25, 0.3) is 0 Å². The first kappa shape index (κ1) is 17.1. The van der Waals surface area contributed by atoms with Gasteiger partial charge in [-0.05, 0) is 55.7 Å². The highest BCUT2D eigenvalue weighted by Crippen LogP contribution is 2.19. The molecule has 5 heteroatoms. The molecule has 2 atom stereocenters. The number of rotatable bonds is 7. The maximum Gasteiger partial charge on any atom is 0.157 e. The van der Waals surface area contributed by atoms with Gasteiger partial charge in [-0.2, -0.15) is 0 Å². The van der Waals surface area contributed by atoms with E-state index in [1.165, 1.54) is 0 Å². The van der Waals surface area contributed by atoms with Gasteiger partial charge in [-0.25, -0.2) is 4.21 Å². The topological polar surface area (TPSA) is 44.8 Å². The van der Waals surface area contributed by atoms with Gasteiger partial charge < -0.3 is 14.2 Å². The van der Waals surface area contributed by atoms with Crippen LogP contribution in [-0.2, 0) is 20.3 Å². The van der Waals surface area contributed by atoms with E-state index < -0.39 is 10.8 Å². The minimum Gasteiger partial charge on any atom is -0.491 e. The maximum atomic E-state index is 12.4. The van der Waals surface area contributed by atoms with E-state index in [0.29, 0.717) is 13.2 Å². The van der Waals surface area contributed by atoms with Gasteiger partial charge in [0.1, 0.15) is 12.4 Å². The first-order chi connectivity index (χ1) is 11.8. The Labute approximate surface area is 145 Å². The van der Waals surface area contributed by atoms with Gasteiger partial charge in [0.05, 0.1) is 17.4 Å². The highest BCUT2D eigenvalue weighted by atomic mass is 32.2. The van der Waals surface area contributed by atoms with Crippen LogP contribution in [0.25, 0.3) is 0 Å². The molecule has 1 aliphatic heterocycles. The summed E-state index contributed by atoms with van der Waals surface area (Å²) in [5, 5.41) is 0. The van der Waals surface area contributed by atoms with Crippen molar-refractivity contribution in [2.75, 3.05) is 19.8 Å². The Morgan fingerprint density at radius 1 is 0.958 bits per heavy atom. The smallest absolute Gasteiger partial charge is 0.157 e. The van der Waals surface area contributed by atoms with Crippen molar-refractivity contribution in [3.05, 3.63) is 54.6 Å². The van der Waals surface area contributed by atoms with Crippen molar-refractivity contribution >= 4 is 10.8 Å². The summed E-state index contributed by atoms with van der Waals surface area (Å²) >= 11 is 0. The Balaban J connectivity index is 1.45. The summed E-state index contributed by atoms with van der Waals surface area (Å²) in [6, 6.07) is 16.8. The Morgan fingerprint density at radius 3 is 2.42 bits per heavy atom. The fourth-order valence-electron chi connectivity index (χ4n) is 2.52. The molecule has 4 nitrogen and oxygen atoms in total. The second-order valence-electron chi connectivity index (χ2n) is 5.57. The lowest BCUT2D eigenvalue weighted by atomic mass is 10.2. The Bertz CT molecular complexity index is 636. The highest BCUT2D eigenvalue weighted by Gasteiger charge is 2.13. The molecule has 0 aliphatic carbocycles. The minimum atomic E-state index is -1.16. The molecule has 2 aromatic carbocycles. The average molecular weight is 346 g/mol. The molecular formula is C19H22O4S. The summed E-state index contributed by atoms with van der Waals surface area (Å²) in [6.45, 7) is 1.76. The molecule has 0 unspecified atom stereocenters. The number of hydrogen-bond donors (Lipinski definition) is 0. The van der Waals surface area contributed by atoms with Crippen molar-refractivity contribution in [3.8, 4) is 5.75 Å². The van der Waals surface area contributed by atoms with Crippen LogP contribution in [-0.4, -0.2) is 30.3 Å². The Kier molecular flexibility index (Phi) is 6.41. The van der Waals surface area contributed by atoms with Crippen LogP contribution in [0.1, 0.15) is 19.3 Å². The molecule has 0 amide bonds. The van der Waals surface area contributed by atoms with Crippen LogP contribution in [0.5, 0.6) is 5.75 Å². The minimum absolute atomic E-state index is 0.0852. The van der Waals surface area contributed by atoms with Crippen LogP contribution >= 0.6 is 0 Å². The quantitative estimate of drug-likeness (QED) is 0.716. The monoisotopic (exact) mass is 346 g/mol. The summed E-state index contributed by atoms with van der Waals surface area (Å²) in [5.41, 5.74) is 0.